The van der Waals surface area contributed by atoms with Gasteiger partial charge in [0.1, 0.15) is 6.54 Å². The molecule has 4 fully saturated rings. The Morgan fingerprint density at radius 1 is 0.867 bits per heavy atom. The van der Waals surface area contributed by atoms with Gasteiger partial charge in [-0.1, -0.05) is 12.1 Å². The van der Waals surface area contributed by atoms with Crippen LogP contribution in [0.3, 0.4) is 0 Å². The van der Waals surface area contributed by atoms with Crippen molar-refractivity contribution in [3.8, 4) is 0 Å². The smallest absolute Gasteiger partial charge is 0.262 e. The third kappa shape index (κ3) is 3.20. The molecule has 0 radical (unpaired) electrons. The molecule has 30 heavy (non-hydrogen) atoms. The highest BCUT2D eigenvalue weighted by Crippen LogP contribution is 2.60. The van der Waals surface area contributed by atoms with Gasteiger partial charge in [-0.15, -0.1) is 0 Å². The second kappa shape index (κ2) is 7.22. The fourth-order valence-corrected chi connectivity index (χ4v) is 6.54. The van der Waals surface area contributed by atoms with Crippen molar-refractivity contribution >= 4 is 23.6 Å². The molecule has 0 saturated heterocycles. The summed E-state index contributed by atoms with van der Waals surface area (Å²) in [5.41, 5.74) is 0.468. The van der Waals surface area contributed by atoms with Gasteiger partial charge in [0, 0.05) is 18.5 Å². The first-order chi connectivity index (χ1) is 14.4. The summed E-state index contributed by atoms with van der Waals surface area (Å²) in [7, 11) is 0. The van der Waals surface area contributed by atoms with Gasteiger partial charge in [0.2, 0.25) is 11.8 Å². The Hall–Kier alpha value is -2.70. The Morgan fingerprint density at radius 2 is 1.37 bits per heavy atom. The van der Waals surface area contributed by atoms with Crippen LogP contribution in [0.25, 0.3) is 0 Å². The van der Waals surface area contributed by atoms with Crippen molar-refractivity contribution in [2.24, 2.45) is 23.2 Å². The van der Waals surface area contributed by atoms with E-state index < -0.39 is 17.7 Å². The minimum atomic E-state index is -0.444. The van der Waals surface area contributed by atoms with Gasteiger partial charge in [0.25, 0.3) is 11.8 Å². The SMILES string of the molecule is O=C(CN1C(=O)c2ccccc2C1=O)NCCNC(=O)C12CC3CC(CC(C3)C1)C2. The molecule has 2 N–H and O–H groups in total. The van der Waals surface area contributed by atoms with E-state index in [0.717, 1.165) is 24.2 Å². The fraction of sp³-hybridized carbons (Fsp3) is 0.565. The van der Waals surface area contributed by atoms with Crippen LogP contribution in [0.15, 0.2) is 24.3 Å². The summed E-state index contributed by atoms with van der Waals surface area (Å²) >= 11 is 0. The van der Waals surface area contributed by atoms with E-state index >= 15 is 0 Å². The van der Waals surface area contributed by atoms with Gasteiger partial charge in [-0.2, -0.15) is 0 Å². The lowest BCUT2D eigenvalue weighted by Crippen LogP contribution is -2.54. The molecule has 6 rings (SSSR count). The Balaban J connectivity index is 1.09. The monoisotopic (exact) mass is 409 g/mol. The lowest BCUT2D eigenvalue weighted by atomic mass is 9.49. The number of carbonyl (C=O) groups excluding carboxylic acids is 4. The van der Waals surface area contributed by atoms with E-state index in [4.69, 9.17) is 0 Å². The standard InChI is InChI=1S/C23H27N3O4/c27-19(13-26-20(28)17-3-1-2-4-18(17)21(26)29)24-5-6-25-22(30)23-10-14-7-15(11-23)9-16(8-14)12-23/h1-4,14-16H,5-13H2,(H,24,27)(H,25,30). The van der Waals surface area contributed by atoms with Crippen LogP contribution in [0.1, 0.15) is 59.2 Å². The molecule has 0 unspecified atom stereocenters. The first-order valence-electron chi connectivity index (χ1n) is 11.0. The second-order valence-corrected chi connectivity index (χ2v) is 9.55. The van der Waals surface area contributed by atoms with Gasteiger partial charge >= 0.3 is 0 Å². The normalized spacial score (nSPS) is 31.1. The number of benzene rings is 1. The predicted octanol–water partition coefficient (Wildman–Crippen LogP) is 1.73. The van der Waals surface area contributed by atoms with Gasteiger partial charge in [-0.05, 0) is 68.4 Å². The highest BCUT2D eigenvalue weighted by atomic mass is 16.2. The summed E-state index contributed by atoms with van der Waals surface area (Å²) in [6.45, 7) is 0.323. The molecule has 4 aliphatic carbocycles. The van der Waals surface area contributed by atoms with Crippen molar-refractivity contribution < 1.29 is 19.2 Å². The van der Waals surface area contributed by atoms with Crippen LogP contribution in [0.4, 0.5) is 0 Å². The van der Waals surface area contributed by atoms with E-state index in [9.17, 15) is 19.2 Å². The van der Waals surface area contributed by atoms with Crippen molar-refractivity contribution in [3.05, 3.63) is 35.4 Å². The quantitative estimate of drug-likeness (QED) is 0.553. The number of hydrogen-bond acceptors (Lipinski definition) is 4. The lowest BCUT2D eigenvalue weighted by Gasteiger charge is -2.55. The summed E-state index contributed by atoms with van der Waals surface area (Å²) in [5, 5.41) is 5.73. The minimum Gasteiger partial charge on any atom is -0.354 e. The lowest BCUT2D eigenvalue weighted by molar-refractivity contribution is -0.146. The zero-order chi connectivity index (χ0) is 20.9. The molecule has 7 nitrogen and oxygen atoms in total. The van der Waals surface area contributed by atoms with E-state index in [1.165, 1.54) is 19.3 Å². The number of nitrogens with one attached hydrogen (secondary N) is 2. The van der Waals surface area contributed by atoms with E-state index in [-0.39, 0.29) is 24.4 Å². The number of imide groups is 1. The van der Waals surface area contributed by atoms with E-state index in [1.807, 2.05) is 0 Å². The number of hydrogen-bond donors (Lipinski definition) is 2. The number of amides is 4. The molecule has 4 bridgehead atoms. The molecule has 1 heterocycles. The highest BCUT2D eigenvalue weighted by molar-refractivity contribution is 6.22. The third-order valence-corrected chi connectivity index (χ3v) is 7.43. The topological polar surface area (TPSA) is 95.6 Å². The van der Waals surface area contributed by atoms with Crippen LogP contribution in [0.5, 0.6) is 0 Å². The highest BCUT2D eigenvalue weighted by Gasteiger charge is 2.54. The molecule has 1 aromatic carbocycles. The number of carbonyl (C=O) groups is 4. The van der Waals surface area contributed by atoms with Gasteiger partial charge in [-0.25, -0.2) is 0 Å². The van der Waals surface area contributed by atoms with Crippen LogP contribution in [0.2, 0.25) is 0 Å². The third-order valence-electron chi connectivity index (χ3n) is 7.43. The van der Waals surface area contributed by atoms with Crippen molar-refractivity contribution in [3.63, 3.8) is 0 Å². The maximum absolute atomic E-state index is 12.9. The zero-order valence-electron chi connectivity index (χ0n) is 17.0. The molecule has 158 valence electrons. The van der Waals surface area contributed by atoms with Gasteiger partial charge in [0.15, 0.2) is 0 Å². The van der Waals surface area contributed by atoms with Crippen LogP contribution in [-0.2, 0) is 9.59 Å². The Morgan fingerprint density at radius 3 is 1.90 bits per heavy atom. The van der Waals surface area contributed by atoms with E-state index in [0.29, 0.717) is 35.4 Å². The number of fused-ring (bicyclic) bond motifs is 1. The Bertz CT molecular complexity index is 854. The zero-order valence-corrected chi connectivity index (χ0v) is 17.0. The van der Waals surface area contributed by atoms with Gasteiger partial charge < -0.3 is 10.6 Å². The molecular formula is C23H27N3O4. The average molecular weight is 409 g/mol. The maximum atomic E-state index is 12.9. The van der Waals surface area contributed by atoms with Gasteiger partial charge in [0.05, 0.1) is 11.1 Å². The molecular weight excluding hydrogens is 382 g/mol. The van der Waals surface area contributed by atoms with E-state index in [1.54, 1.807) is 24.3 Å². The van der Waals surface area contributed by atoms with Crippen molar-refractivity contribution in [1.82, 2.24) is 15.5 Å². The largest absolute Gasteiger partial charge is 0.354 e. The Labute approximate surface area is 175 Å². The molecule has 4 saturated carbocycles. The molecule has 0 spiro atoms. The molecule has 1 aromatic rings. The van der Waals surface area contributed by atoms with Gasteiger partial charge in [-0.3, -0.25) is 24.1 Å². The number of nitrogens with zero attached hydrogens (tertiary/aromatic N) is 1. The van der Waals surface area contributed by atoms with Crippen molar-refractivity contribution in [2.75, 3.05) is 19.6 Å². The summed E-state index contributed by atoms with van der Waals surface area (Å²) in [4.78, 5) is 50.8. The van der Waals surface area contributed by atoms with Crippen LogP contribution >= 0.6 is 0 Å². The minimum absolute atomic E-state index is 0.135. The van der Waals surface area contributed by atoms with Crippen molar-refractivity contribution in [1.29, 1.82) is 0 Å². The summed E-state index contributed by atoms with van der Waals surface area (Å²) in [6.07, 6.45) is 6.91. The molecule has 7 heteroatoms. The van der Waals surface area contributed by atoms with Crippen molar-refractivity contribution in [2.45, 2.75) is 38.5 Å². The number of rotatable bonds is 6. The van der Waals surface area contributed by atoms with Crippen LogP contribution in [-0.4, -0.2) is 48.2 Å². The molecule has 0 atom stereocenters. The first-order valence-corrected chi connectivity index (χ1v) is 11.0. The Kier molecular flexibility index (Phi) is 4.64. The second-order valence-electron chi connectivity index (χ2n) is 9.55. The fourth-order valence-electron chi connectivity index (χ4n) is 6.54. The summed E-state index contributed by atoms with van der Waals surface area (Å²) in [5.74, 6) is 0.968. The summed E-state index contributed by atoms with van der Waals surface area (Å²) in [6, 6.07) is 6.57. The summed E-state index contributed by atoms with van der Waals surface area (Å²) < 4.78 is 0. The molecule has 1 aliphatic heterocycles. The predicted molar refractivity (Wildman–Crippen MR) is 108 cm³/mol. The maximum Gasteiger partial charge on any atom is 0.262 e. The molecule has 5 aliphatic rings. The molecule has 4 amide bonds. The van der Waals surface area contributed by atoms with Crippen LogP contribution in [0, 0.1) is 23.2 Å². The first kappa shape index (κ1) is 19.3. The molecule has 0 aromatic heterocycles. The average Bonchev–Trinajstić information content (AvgIpc) is 2.95. The van der Waals surface area contributed by atoms with Crippen LogP contribution < -0.4 is 10.6 Å². The van der Waals surface area contributed by atoms with E-state index in [2.05, 4.69) is 10.6 Å².